The number of hydrogen-bond acceptors (Lipinski definition) is 5. The number of nitrogens with one attached hydrogen (secondary N) is 2. The second-order valence-electron chi connectivity index (χ2n) is 6.64. The lowest BCUT2D eigenvalue weighted by Gasteiger charge is -2.16. The Hall–Kier alpha value is -3.62. The summed E-state index contributed by atoms with van der Waals surface area (Å²) in [7, 11) is 0. The molecular weight excluding hydrogens is 376 g/mol. The van der Waals surface area contributed by atoms with Crippen molar-refractivity contribution >= 4 is 23.3 Å². The molecule has 2 N–H and O–H groups in total. The number of amides is 3. The second-order valence-corrected chi connectivity index (χ2v) is 6.64. The standard InChI is InChI=1S/C20H22N4O5/c25-19(14-29-18-8-6-17(7-9-18)24(27)28)21-13-15-4-3-5-16(12-15)22-20(26)23-10-1-2-11-23/h3-9,12H,1-2,10-11,13-14H2,(H,21,25)(H,22,26). The highest BCUT2D eigenvalue weighted by Crippen LogP contribution is 2.17. The quantitative estimate of drug-likeness (QED) is 0.550. The number of urea groups is 1. The Morgan fingerprint density at radius 3 is 2.52 bits per heavy atom. The van der Waals surface area contributed by atoms with Gasteiger partial charge in [0.2, 0.25) is 0 Å². The van der Waals surface area contributed by atoms with Gasteiger partial charge in [0.05, 0.1) is 4.92 Å². The smallest absolute Gasteiger partial charge is 0.321 e. The van der Waals surface area contributed by atoms with Crippen LogP contribution < -0.4 is 15.4 Å². The Morgan fingerprint density at radius 1 is 1.10 bits per heavy atom. The molecule has 1 saturated heterocycles. The van der Waals surface area contributed by atoms with Crippen LogP contribution in [-0.4, -0.2) is 41.5 Å². The SMILES string of the molecule is O=C(COc1ccc([N+](=O)[O-])cc1)NCc1cccc(NC(=O)N2CCCC2)c1. The number of nitro benzene ring substituents is 1. The van der Waals surface area contributed by atoms with E-state index in [1.165, 1.54) is 24.3 Å². The summed E-state index contributed by atoms with van der Waals surface area (Å²) in [5.41, 5.74) is 1.47. The van der Waals surface area contributed by atoms with Crippen LogP contribution in [0.4, 0.5) is 16.2 Å². The number of nitro groups is 1. The highest BCUT2D eigenvalue weighted by atomic mass is 16.6. The Kier molecular flexibility index (Phi) is 6.62. The Morgan fingerprint density at radius 2 is 1.83 bits per heavy atom. The number of rotatable bonds is 7. The number of ether oxygens (including phenoxy) is 1. The molecule has 3 amide bonds. The van der Waals surface area contributed by atoms with Crippen molar-refractivity contribution in [2.24, 2.45) is 0 Å². The summed E-state index contributed by atoms with van der Waals surface area (Å²) in [4.78, 5) is 36.0. The minimum atomic E-state index is -0.502. The van der Waals surface area contributed by atoms with Gasteiger partial charge in [0, 0.05) is 37.5 Å². The maximum atomic E-state index is 12.2. The molecule has 2 aromatic rings. The van der Waals surface area contributed by atoms with Crippen molar-refractivity contribution in [2.45, 2.75) is 19.4 Å². The summed E-state index contributed by atoms with van der Waals surface area (Å²) < 4.78 is 5.33. The van der Waals surface area contributed by atoms with Gasteiger partial charge in [-0.2, -0.15) is 0 Å². The van der Waals surface area contributed by atoms with Crippen LogP contribution >= 0.6 is 0 Å². The zero-order valence-corrected chi connectivity index (χ0v) is 15.8. The molecule has 9 nitrogen and oxygen atoms in total. The van der Waals surface area contributed by atoms with Crippen molar-refractivity contribution in [3.05, 3.63) is 64.2 Å². The lowest BCUT2D eigenvalue weighted by molar-refractivity contribution is -0.384. The van der Waals surface area contributed by atoms with Gasteiger partial charge in [0.25, 0.3) is 11.6 Å². The van der Waals surface area contributed by atoms with Gasteiger partial charge >= 0.3 is 6.03 Å². The molecule has 1 heterocycles. The highest BCUT2D eigenvalue weighted by molar-refractivity contribution is 5.89. The lowest BCUT2D eigenvalue weighted by atomic mass is 10.2. The van der Waals surface area contributed by atoms with E-state index in [4.69, 9.17) is 4.74 Å². The summed E-state index contributed by atoms with van der Waals surface area (Å²) in [5, 5.41) is 16.2. The zero-order chi connectivity index (χ0) is 20.6. The van der Waals surface area contributed by atoms with E-state index < -0.39 is 4.92 Å². The average molecular weight is 398 g/mol. The van der Waals surface area contributed by atoms with Crippen molar-refractivity contribution in [2.75, 3.05) is 25.0 Å². The van der Waals surface area contributed by atoms with Gasteiger partial charge in [0.1, 0.15) is 5.75 Å². The molecule has 152 valence electrons. The van der Waals surface area contributed by atoms with Crippen molar-refractivity contribution in [3.8, 4) is 5.75 Å². The van der Waals surface area contributed by atoms with E-state index in [9.17, 15) is 19.7 Å². The van der Waals surface area contributed by atoms with Gasteiger partial charge in [-0.05, 0) is 42.7 Å². The molecule has 9 heteroatoms. The first kappa shape index (κ1) is 20.1. The molecule has 0 aromatic heterocycles. The topological polar surface area (TPSA) is 114 Å². The normalized spacial score (nSPS) is 13.0. The molecule has 0 saturated carbocycles. The first-order valence-electron chi connectivity index (χ1n) is 9.30. The molecule has 2 aromatic carbocycles. The summed E-state index contributed by atoms with van der Waals surface area (Å²) in [6.45, 7) is 1.63. The number of nitrogens with zero attached hydrogens (tertiary/aromatic N) is 2. The molecule has 0 atom stereocenters. The third kappa shape index (κ3) is 5.93. The van der Waals surface area contributed by atoms with Crippen molar-refractivity contribution < 1.29 is 19.2 Å². The zero-order valence-electron chi connectivity index (χ0n) is 15.8. The van der Waals surface area contributed by atoms with E-state index in [1.807, 2.05) is 18.2 Å². The number of anilines is 1. The molecule has 29 heavy (non-hydrogen) atoms. The number of hydrogen-bond donors (Lipinski definition) is 2. The number of likely N-dealkylation sites (tertiary alicyclic amines) is 1. The molecule has 1 aliphatic rings. The van der Waals surface area contributed by atoms with Gasteiger partial charge in [0.15, 0.2) is 6.61 Å². The van der Waals surface area contributed by atoms with Crippen LogP contribution in [0.15, 0.2) is 48.5 Å². The Labute approximate surface area is 167 Å². The molecule has 0 unspecified atom stereocenters. The van der Waals surface area contributed by atoms with Crippen molar-refractivity contribution in [3.63, 3.8) is 0 Å². The third-order valence-corrected chi connectivity index (χ3v) is 4.48. The van der Waals surface area contributed by atoms with Crippen molar-refractivity contribution in [1.29, 1.82) is 0 Å². The van der Waals surface area contributed by atoms with Crippen LogP contribution in [0, 0.1) is 10.1 Å². The van der Waals surface area contributed by atoms with Gasteiger partial charge in [-0.3, -0.25) is 14.9 Å². The average Bonchev–Trinajstić information content (AvgIpc) is 3.26. The molecule has 0 radical (unpaired) electrons. The molecule has 0 aliphatic carbocycles. The van der Waals surface area contributed by atoms with Crippen LogP contribution in [0.3, 0.4) is 0 Å². The van der Waals surface area contributed by atoms with E-state index in [0.717, 1.165) is 31.5 Å². The van der Waals surface area contributed by atoms with Crippen LogP contribution in [0.5, 0.6) is 5.75 Å². The molecule has 0 bridgehead atoms. The predicted octanol–water partition coefficient (Wildman–Crippen LogP) is 2.92. The first-order chi connectivity index (χ1) is 14.0. The second kappa shape index (κ2) is 9.54. The maximum absolute atomic E-state index is 12.2. The molecule has 1 fully saturated rings. The summed E-state index contributed by atoms with van der Waals surface area (Å²) in [6.07, 6.45) is 2.06. The maximum Gasteiger partial charge on any atom is 0.321 e. The third-order valence-electron chi connectivity index (χ3n) is 4.48. The first-order valence-corrected chi connectivity index (χ1v) is 9.30. The van der Waals surface area contributed by atoms with Crippen LogP contribution in [0.2, 0.25) is 0 Å². The van der Waals surface area contributed by atoms with Crippen molar-refractivity contribution in [1.82, 2.24) is 10.2 Å². The van der Waals surface area contributed by atoms with Crippen LogP contribution in [0.1, 0.15) is 18.4 Å². The molecular formula is C20H22N4O5. The number of benzene rings is 2. The number of carbonyl (C=O) groups is 2. The fraction of sp³-hybridized carbons (Fsp3) is 0.300. The van der Waals surface area contributed by atoms with E-state index >= 15 is 0 Å². The van der Waals surface area contributed by atoms with Crippen LogP contribution in [-0.2, 0) is 11.3 Å². The van der Waals surface area contributed by atoms with Gasteiger partial charge < -0.3 is 20.3 Å². The Bertz CT molecular complexity index is 879. The van der Waals surface area contributed by atoms with Crippen LogP contribution in [0.25, 0.3) is 0 Å². The number of non-ortho nitro benzene ring substituents is 1. The van der Waals surface area contributed by atoms with E-state index in [2.05, 4.69) is 10.6 Å². The predicted molar refractivity (Wildman–Crippen MR) is 107 cm³/mol. The minimum Gasteiger partial charge on any atom is -0.484 e. The summed E-state index contributed by atoms with van der Waals surface area (Å²) in [6, 6.07) is 12.7. The van der Waals surface area contributed by atoms with E-state index in [0.29, 0.717) is 11.4 Å². The van der Waals surface area contributed by atoms with E-state index in [1.54, 1.807) is 11.0 Å². The summed E-state index contributed by atoms with van der Waals surface area (Å²) >= 11 is 0. The van der Waals surface area contributed by atoms with Gasteiger partial charge in [-0.15, -0.1) is 0 Å². The summed E-state index contributed by atoms with van der Waals surface area (Å²) in [5.74, 6) is 0.0484. The monoisotopic (exact) mass is 398 g/mol. The molecule has 1 aliphatic heterocycles. The van der Waals surface area contributed by atoms with E-state index in [-0.39, 0.29) is 30.8 Å². The largest absolute Gasteiger partial charge is 0.484 e. The van der Waals surface area contributed by atoms with Gasteiger partial charge in [-0.1, -0.05) is 12.1 Å². The van der Waals surface area contributed by atoms with Gasteiger partial charge in [-0.25, -0.2) is 4.79 Å². The fourth-order valence-electron chi connectivity index (χ4n) is 2.95. The number of carbonyl (C=O) groups excluding carboxylic acids is 2. The lowest BCUT2D eigenvalue weighted by Crippen LogP contribution is -2.32. The highest BCUT2D eigenvalue weighted by Gasteiger charge is 2.17. The minimum absolute atomic E-state index is 0.0431. The fourth-order valence-corrected chi connectivity index (χ4v) is 2.95. The molecule has 0 spiro atoms. The Balaban J connectivity index is 1.44. The molecule has 3 rings (SSSR count).